The van der Waals surface area contributed by atoms with E-state index in [0.717, 1.165) is 23.3 Å². The van der Waals surface area contributed by atoms with Gasteiger partial charge in [0.1, 0.15) is 11.5 Å². The summed E-state index contributed by atoms with van der Waals surface area (Å²) in [6.45, 7) is 4.57. The molecule has 0 radical (unpaired) electrons. The van der Waals surface area contributed by atoms with Crippen molar-refractivity contribution in [2.75, 3.05) is 6.61 Å². The van der Waals surface area contributed by atoms with E-state index < -0.39 is 5.79 Å². The van der Waals surface area contributed by atoms with Gasteiger partial charge in [0.05, 0.1) is 6.61 Å². The lowest BCUT2D eigenvalue weighted by molar-refractivity contribution is 0.338. The lowest BCUT2D eigenvalue weighted by Crippen LogP contribution is -2.55. The molecule has 0 saturated heterocycles. The van der Waals surface area contributed by atoms with E-state index in [1.165, 1.54) is 0 Å². The molecule has 1 aromatic rings. The average molecular weight is 209 g/mol. The van der Waals surface area contributed by atoms with E-state index in [4.69, 9.17) is 21.9 Å². The van der Waals surface area contributed by atoms with Crippen LogP contribution in [-0.2, 0) is 12.2 Å². The third-order valence-corrected chi connectivity index (χ3v) is 2.24. The first-order valence-electron chi connectivity index (χ1n) is 5.11. The fraction of sp³-hybridized carbons (Fsp3) is 0.455. The second kappa shape index (κ2) is 4.61. The van der Waals surface area contributed by atoms with Gasteiger partial charge < -0.3 is 4.74 Å². The number of benzene rings is 1. The van der Waals surface area contributed by atoms with Crippen LogP contribution in [-0.4, -0.2) is 6.61 Å². The van der Waals surface area contributed by atoms with Crippen LogP contribution in [0.5, 0.6) is 5.75 Å². The smallest absolute Gasteiger partial charge is 0.143 e. The Morgan fingerprint density at radius 3 is 2.33 bits per heavy atom. The van der Waals surface area contributed by atoms with Crippen LogP contribution in [0.15, 0.2) is 18.2 Å². The molecule has 4 heteroatoms. The summed E-state index contributed by atoms with van der Waals surface area (Å²) in [5.74, 6) is -0.561. The molecule has 0 heterocycles. The molecule has 0 aromatic heterocycles. The molecule has 15 heavy (non-hydrogen) atoms. The van der Waals surface area contributed by atoms with Gasteiger partial charge in [-0.25, -0.2) is 0 Å². The number of aryl methyl sites for hydroxylation is 1. The van der Waals surface area contributed by atoms with Crippen LogP contribution >= 0.6 is 0 Å². The quantitative estimate of drug-likeness (QED) is 0.635. The Morgan fingerprint density at radius 2 is 1.87 bits per heavy atom. The fourth-order valence-electron chi connectivity index (χ4n) is 1.52. The molecule has 84 valence electrons. The molecule has 0 aliphatic heterocycles. The topological polar surface area (TPSA) is 87.3 Å². The van der Waals surface area contributed by atoms with Gasteiger partial charge in [-0.2, -0.15) is 0 Å². The van der Waals surface area contributed by atoms with Crippen LogP contribution in [0.1, 0.15) is 25.0 Å². The third kappa shape index (κ3) is 2.92. The van der Waals surface area contributed by atoms with E-state index in [1.807, 2.05) is 32.0 Å². The monoisotopic (exact) mass is 209 g/mol. The molecule has 0 unspecified atom stereocenters. The van der Waals surface area contributed by atoms with Crippen molar-refractivity contribution >= 4 is 0 Å². The fourth-order valence-corrected chi connectivity index (χ4v) is 1.52. The van der Waals surface area contributed by atoms with E-state index in [-0.39, 0.29) is 0 Å². The maximum absolute atomic E-state index is 5.70. The molecule has 4 nitrogen and oxygen atoms in total. The van der Waals surface area contributed by atoms with Crippen molar-refractivity contribution in [3.8, 4) is 5.75 Å². The standard InChI is InChI=1S/C11H19N3O/c1-3-8-5-6-9(15-4-2)7-10(8)11(12,13)14/h5-7H,3-4,12-14H2,1-2H3. The maximum Gasteiger partial charge on any atom is 0.143 e. The normalized spacial score (nSPS) is 11.5. The summed E-state index contributed by atoms with van der Waals surface area (Å²) in [5, 5.41) is 0. The molecule has 0 atom stereocenters. The van der Waals surface area contributed by atoms with Crippen molar-refractivity contribution in [3.63, 3.8) is 0 Å². The zero-order valence-corrected chi connectivity index (χ0v) is 9.29. The van der Waals surface area contributed by atoms with E-state index in [2.05, 4.69) is 0 Å². The van der Waals surface area contributed by atoms with Crippen LogP contribution in [0.4, 0.5) is 0 Å². The Balaban J connectivity index is 3.13. The Hall–Kier alpha value is -1.10. The van der Waals surface area contributed by atoms with E-state index in [9.17, 15) is 0 Å². The van der Waals surface area contributed by atoms with Crippen molar-refractivity contribution in [3.05, 3.63) is 29.3 Å². The van der Waals surface area contributed by atoms with Crippen LogP contribution in [0.25, 0.3) is 0 Å². The summed E-state index contributed by atoms with van der Waals surface area (Å²) in [6, 6.07) is 5.65. The highest BCUT2D eigenvalue weighted by atomic mass is 16.5. The predicted octanol–water partition coefficient (Wildman–Crippen LogP) is 0.634. The Labute approximate surface area is 90.4 Å². The number of hydrogen-bond donors (Lipinski definition) is 3. The second-order valence-corrected chi connectivity index (χ2v) is 3.54. The average Bonchev–Trinajstić information content (AvgIpc) is 2.17. The molecule has 0 spiro atoms. The first-order valence-corrected chi connectivity index (χ1v) is 5.11. The lowest BCUT2D eigenvalue weighted by atomic mass is 10.00. The Kier molecular flexibility index (Phi) is 3.68. The number of rotatable bonds is 4. The van der Waals surface area contributed by atoms with Gasteiger partial charge in [-0.1, -0.05) is 13.0 Å². The van der Waals surface area contributed by atoms with Crippen molar-refractivity contribution in [2.24, 2.45) is 17.2 Å². The van der Waals surface area contributed by atoms with E-state index in [1.54, 1.807) is 0 Å². The van der Waals surface area contributed by atoms with E-state index >= 15 is 0 Å². The van der Waals surface area contributed by atoms with Gasteiger partial charge in [0.2, 0.25) is 0 Å². The molecule has 0 bridgehead atoms. The van der Waals surface area contributed by atoms with Crippen molar-refractivity contribution in [2.45, 2.75) is 26.1 Å². The molecule has 0 saturated carbocycles. The minimum atomic E-state index is -1.31. The van der Waals surface area contributed by atoms with Gasteiger partial charge in [0.25, 0.3) is 0 Å². The summed E-state index contributed by atoms with van der Waals surface area (Å²) in [5.41, 5.74) is 18.9. The summed E-state index contributed by atoms with van der Waals surface area (Å²) in [7, 11) is 0. The largest absolute Gasteiger partial charge is 0.494 e. The third-order valence-electron chi connectivity index (χ3n) is 2.24. The van der Waals surface area contributed by atoms with Crippen LogP contribution in [0.2, 0.25) is 0 Å². The zero-order valence-electron chi connectivity index (χ0n) is 9.29. The second-order valence-electron chi connectivity index (χ2n) is 3.54. The van der Waals surface area contributed by atoms with Crippen molar-refractivity contribution < 1.29 is 4.74 Å². The molecule has 0 amide bonds. The summed E-state index contributed by atoms with van der Waals surface area (Å²) in [6.07, 6.45) is 0.842. The Morgan fingerprint density at radius 1 is 1.20 bits per heavy atom. The minimum Gasteiger partial charge on any atom is -0.494 e. The maximum atomic E-state index is 5.70. The first kappa shape index (κ1) is 12.0. The zero-order chi connectivity index (χ0) is 11.5. The van der Waals surface area contributed by atoms with Gasteiger partial charge in [0.15, 0.2) is 0 Å². The molecular weight excluding hydrogens is 190 g/mol. The SMILES string of the molecule is CCOc1ccc(CC)c(C(N)(N)N)c1. The van der Waals surface area contributed by atoms with Crippen LogP contribution < -0.4 is 21.9 Å². The summed E-state index contributed by atoms with van der Waals surface area (Å²) in [4.78, 5) is 0. The summed E-state index contributed by atoms with van der Waals surface area (Å²) >= 11 is 0. The van der Waals surface area contributed by atoms with Crippen LogP contribution in [0, 0.1) is 0 Å². The molecule has 0 aliphatic carbocycles. The molecule has 0 fully saturated rings. The Bertz CT molecular complexity index is 331. The van der Waals surface area contributed by atoms with Crippen molar-refractivity contribution in [1.82, 2.24) is 0 Å². The van der Waals surface area contributed by atoms with Gasteiger partial charge in [-0.3, -0.25) is 17.2 Å². The molecule has 1 rings (SSSR count). The van der Waals surface area contributed by atoms with Crippen molar-refractivity contribution in [1.29, 1.82) is 0 Å². The number of hydrogen-bond acceptors (Lipinski definition) is 4. The first-order chi connectivity index (χ1) is 6.99. The lowest BCUT2D eigenvalue weighted by Gasteiger charge is -2.23. The summed E-state index contributed by atoms with van der Waals surface area (Å²) < 4.78 is 5.37. The van der Waals surface area contributed by atoms with Gasteiger partial charge in [0, 0.05) is 5.56 Å². The predicted molar refractivity (Wildman–Crippen MR) is 61.2 cm³/mol. The highest BCUT2D eigenvalue weighted by molar-refractivity contribution is 5.39. The molecular formula is C11H19N3O. The minimum absolute atomic E-state index is 0.609. The molecule has 1 aromatic carbocycles. The van der Waals surface area contributed by atoms with Gasteiger partial charge in [-0.15, -0.1) is 0 Å². The van der Waals surface area contributed by atoms with E-state index in [0.29, 0.717) is 6.61 Å². The molecule has 6 N–H and O–H groups in total. The molecule has 0 aliphatic rings. The highest BCUT2D eigenvalue weighted by Gasteiger charge is 2.19. The number of ether oxygens (including phenoxy) is 1. The van der Waals surface area contributed by atoms with Gasteiger partial charge >= 0.3 is 0 Å². The van der Waals surface area contributed by atoms with Crippen LogP contribution in [0.3, 0.4) is 0 Å². The number of nitrogens with two attached hydrogens (primary N) is 3. The highest BCUT2D eigenvalue weighted by Crippen LogP contribution is 2.21. The van der Waals surface area contributed by atoms with Gasteiger partial charge in [-0.05, 0) is 31.0 Å².